The maximum absolute atomic E-state index is 9.28. The van der Waals surface area contributed by atoms with Crippen molar-refractivity contribution >= 4 is 0 Å². The van der Waals surface area contributed by atoms with E-state index in [0.29, 0.717) is 12.8 Å². The lowest BCUT2D eigenvalue weighted by Crippen LogP contribution is -2.21. The molecule has 0 spiro atoms. The first-order valence-electron chi connectivity index (χ1n) is 4.36. The van der Waals surface area contributed by atoms with Crippen LogP contribution in [0.3, 0.4) is 0 Å². The van der Waals surface area contributed by atoms with Crippen LogP contribution in [-0.2, 0) is 4.74 Å². The van der Waals surface area contributed by atoms with Gasteiger partial charge >= 0.3 is 0 Å². The number of aliphatic hydroxyl groups excluding tert-OH is 1. The maximum atomic E-state index is 9.28. The lowest BCUT2D eigenvalue weighted by Gasteiger charge is -2.17. The first kappa shape index (κ1) is 9.50. The highest BCUT2D eigenvalue weighted by Gasteiger charge is 2.34. The molecule has 3 atom stereocenters. The van der Waals surface area contributed by atoms with Crippen LogP contribution in [0.1, 0.15) is 26.7 Å². The van der Waals surface area contributed by atoms with E-state index in [1.807, 2.05) is 13.8 Å². The summed E-state index contributed by atoms with van der Waals surface area (Å²) >= 11 is 0. The van der Waals surface area contributed by atoms with Crippen LogP contribution in [-0.4, -0.2) is 23.4 Å². The van der Waals surface area contributed by atoms with E-state index in [0.717, 1.165) is 0 Å². The SMILES string of the molecule is CC(C)O[C@@H]1C[C@@H](O)C[C@H]1C#N. The number of rotatable bonds is 2. The lowest BCUT2D eigenvalue weighted by molar-refractivity contribution is -0.00668. The fourth-order valence-electron chi connectivity index (χ4n) is 1.61. The first-order valence-corrected chi connectivity index (χ1v) is 4.36. The van der Waals surface area contributed by atoms with Gasteiger partial charge in [-0.25, -0.2) is 0 Å². The van der Waals surface area contributed by atoms with Gasteiger partial charge in [0.2, 0.25) is 0 Å². The Bertz CT molecular complexity index is 185. The lowest BCUT2D eigenvalue weighted by atomic mass is 10.1. The largest absolute Gasteiger partial charge is 0.393 e. The Morgan fingerprint density at radius 1 is 1.50 bits per heavy atom. The van der Waals surface area contributed by atoms with Crippen molar-refractivity contribution in [2.45, 2.75) is 45.0 Å². The molecule has 0 aromatic rings. The number of aliphatic hydroxyl groups is 1. The molecule has 1 aliphatic rings. The molecule has 1 aliphatic carbocycles. The van der Waals surface area contributed by atoms with Crippen LogP contribution in [0.25, 0.3) is 0 Å². The van der Waals surface area contributed by atoms with Gasteiger partial charge < -0.3 is 9.84 Å². The molecule has 0 aliphatic heterocycles. The fourth-order valence-corrected chi connectivity index (χ4v) is 1.61. The molecule has 0 amide bonds. The first-order chi connectivity index (χ1) is 5.63. The summed E-state index contributed by atoms with van der Waals surface area (Å²) in [5.74, 6) is -0.123. The summed E-state index contributed by atoms with van der Waals surface area (Å²) in [6, 6.07) is 2.16. The molecule has 12 heavy (non-hydrogen) atoms. The zero-order chi connectivity index (χ0) is 9.14. The molecule has 0 unspecified atom stereocenters. The smallest absolute Gasteiger partial charge is 0.0762 e. The zero-order valence-corrected chi connectivity index (χ0v) is 7.53. The van der Waals surface area contributed by atoms with Crippen molar-refractivity contribution in [2.24, 2.45) is 5.92 Å². The van der Waals surface area contributed by atoms with E-state index in [1.54, 1.807) is 0 Å². The van der Waals surface area contributed by atoms with Crippen LogP contribution in [0.5, 0.6) is 0 Å². The summed E-state index contributed by atoms with van der Waals surface area (Å²) in [6.45, 7) is 3.89. The van der Waals surface area contributed by atoms with Crippen molar-refractivity contribution in [1.29, 1.82) is 5.26 Å². The Hall–Kier alpha value is -0.590. The summed E-state index contributed by atoms with van der Waals surface area (Å²) in [5, 5.41) is 18.0. The van der Waals surface area contributed by atoms with Crippen molar-refractivity contribution in [3.05, 3.63) is 0 Å². The van der Waals surface area contributed by atoms with Gasteiger partial charge in [-0.05, 0) is 20.3 Å². The Morgan fingerprint density at radius 3 is 2.67 bits per heavy atom. The van der Waals surface area contributed by atoms with Crippen LogP contribution in [0.4, 0.5) is 0 Å². The second kappa shape index (κ2) is 3.88. The molecule has 68 valence electrons. The van der Waals surface area contributed by atoms with Gasteiger partial charge in [-0.2, -0.15) is 5.26 Å². The highest BCUT2D eigenvalue weighted by Crippen LogP contribution is 2.28. The molecular formula is C9H15NO2. The molecule has 0 heterocycles. The quantitative estimate of drug-likeness (QED) is 0.672. The van der Waals surface area contributed by atoms with Crippen molar-refractivity contribution in [2.75, 3.05) is 0 Å². The number of hydrogen-bond donors (Lipinski definition) is 1. The normalized spacial score (nSPS) is 35.4. The summed E-state index contributed by atoms with van der Waals surface area (Å²) in [7, 11) is 0. The topological polar surface area (TPSA) is 53.2 Å². The standard InChI is InChI=1S/C9H15NO2/c1-6(2)12-9-4-8(11)3-7(9)5-10/h6-9,11H,3-4H2,1-2H3/t7-,8-,9+/m0/s1. The van der Waals surface area contributed by atoms with E-state index in [1.165, 1.54) is 0 Å². The van der Waals surface area contributed by atoms with Crippen molar-refractivity contribution in [3.63, 3.8) is 0 Å². The number of ether oxygens (including phenoxy) is 1. The Balaban J connectivity index is 2.47. The highest BCUT2D eigenvalue weighted by atomic mass is 16.5. The van der Waals surface area contributed by atoms with E-state index in [2.05, 4.69) is 6.07 Å². The highest BCUT2D eigenvalue weighted by molar-refractivity contribution is 4.97. The van der Waals surface area contributed by atoms with Crippen LogP contribution in [0.2, 0.25) is 0 Å². The van der Waals surface area contributed by atoms with Gasteiger partial charge in [0.1, 0.15) is 0 Å². The Labute approximate surface area is 73.0 Å². The molecule has 1 fully saturated rings. The molecule has 3 heteroatoms. The second-order valence-electron chi connectivity index (χ2n) is 3.58. The number of nitrogens with zero attached hydrogens (tertiary/aromatic N) is 1. The molecule has 0 radical (unpaired) electrons. The van der Waals surface area contributed by atoms with Crippen LogP contribution < -0.4 is 0 Å². The molecule has 1 N–H and O–H groups in total. The molecule has 1 saturated carbocycles. The van der Waals surface area contributed by atoms with Gasteiger partial charge in [0.05, 0.1) is 30.3 Å². The van der Waals surface area contributed by atoms with Gasteiger partial charge in [-0.1, -0.05) is 0 Å². The maximum Gasteiger partial charge on any atom is 0.0762 e. The van der Waals surface area contributed by atoms with Gasteiger partial charge in [0.25, 0.3) is 0 Å². The zero-order valence-electron chi connectivity index (χ0n) is 7.53. The minimum absolute atomic E-state index is 0.0648. The van der Waals surface area contributed by atoms with Crippen LogP contribution >= 0.6 is 0 Å². The average molecular weight is 169 g/mol. The molecule has 0 bridgehead atoms. The second-order valence-corrected chi connectivity index (χ2v) is 3.58. The minimum atomic E-state index is -0.349. The third-order valence-electron chi connectivity index (χ3n) is 2.09. The molecule has 0 aromatic carbocycles. The van der Waals surface area contributed by atoms with E-state index in [-0.39, 0.29) is 24.2 Å². The summed E-state index contributed by atoms with van der Waals surface area (Å²) in [5.41, 5.74) is 0. The average Bonchev–Trinajstić information content (AvgIpc) is 2.29. The van der Waals surface area contributed by atoms with E-state index in [9.17, 15) is 5.11 Å². The Kier molecular flexibility index (Phi) is 3.07. The summed E-state index contributed by atoms with van der Waals surface area (Å²) in [6.07, 6.45) is 0.893. The number of hydrogen-bond acceptors (Lipinski definition) is 3. The van der Waals surface area contributed by atoms with Gasteiger partial charge in [0, 0.05) is 6.42 Å². The van der Waals surface area contributed by atoms with Crippen LogP contribution in [0.15, 0.2) is 0 Å². The summed E-state index contributed by atoms with van der Waals surface area (Å²) < 4.78 is 5.50. The van der Waals surface area contributed by atoms with E-state index < -0.39 is 0 Å². The van der Waals surface area contributed by atoms with Crippen molar-refractivity contribution in [3.8, 4) is 6.07 Å². The molecule has 3 nitrogen and oxygen atoms in total. The van der Waals surface area contributed by atoms with Crippen LogP contribution in [0, 0.1) is 17.2 Å². The number of nitriles is 1. The van der Waals surface area contributed by atoms with Crippen molar-refractivity contribution < 1.29 is 9.84 Å². The predicted molar refractivity (Wildman–Crippen MR) is 44.4 cm³/mol. The van der Waals surface area contributed by atoms with Gasteiger partial charge in [-0.3, -0.25) is 0 Å². The molecule has 0 aromatic heterocycles. The predicted octanol–water partition coefficient (Wildman–Crippen LogP) is 1.07. The molecular weight excluding hydrogens is 154 g/mol. The van der Waals surface area contributed by atoms with E-state index >= 15 is 0 Å². The van der Waals surface area contributed by atoms with Crippen molar-refractivity contribution in [1.82, 2.24) is 0 Å². The fraction of sp³-hybridized carbons (Fsp3) is 0.889. The van der Waals surface area contributed by atoms with Gasteiger partial charge in [-0.15, -0.1) is 0 Å². The van der Waals surface area contributed by atoms with E-state index in [4.69, 9.17) is 10.00 Å². The summed E-state index contributed by atoms with van der Waals surface area (Å²) in [4.78, 5) is 0. The minimum Gasteiger partial charge on any atom is -0.393 e. The molecule has 1 rings (SSSR count). The monoisotopic (exact) mass is 169 g/mol. The third-order valence-corrected chi connectivity index (χ3v) is 2.09. The third kappa shape index (κ3) is 2.20. The van der Waals surface area contributed by atoms with Gasteiger partial charge in [0.15, 0.2) is 0 Å². The Morgan fingerprint density at radius 2 is 2.17 bits per heavy atom. The molecule has 0 saturated heterocycles.